The highest BCUT2D eigenvalue weighted by molar-refractivity contribution is 5.86. The number of carbonyl (C=O) groups excluding carboxylic acids is 1. The Morgan fingerprint density at radius 3 is 2.60 bits per heavy atom. The number of carbonyl (C=O) groups is 1. The Morgan fingerprint density at radius 2 is 2.13 bits per heavy atom. The summed E-state index contributed by atoms with van der Waals surface area (Å²) in [6, 6.07) is -0.176. The van der Waals surface area contributed by atoms with Crippen molar-refractivity contribution in [2.75, 3.05) is 19.6 Å². The van der Waals surface area contributed by atoms with Gasteiger partial charge in [-0.1, -0.05) is 19.0 Å². The SMILES string of the molecule is CCCNC(=O)N(CCC)CC(N)=NO. The lowest BCUT2D eigenvalue weighted by molar-refractivity contribution is 0.204. The molecule has 0 rings (SSSR count). The van der Waals surface area contributed by atoms with Gasteiger partial charge in [-0.05, 0) is 12.8 Å². The highest BCUT2D eigenvalue weighted by atomic mass is 16.4. The Balaban J connectivity index is 4.18. The van der Waals surface area contributed by atoms with Crippen LogP contribution in [0.1, 0.15) is 26.7 Å². The average molecular weight is 216 g/mol. The second kappa shape index (κ2) is 7.90. The molecule has 0 aromatic rings. The number of urea groups is 1. The fourth-order valence-corrected chi connectivity index (χ4v) is 1.09. The maximum Gasteiger partial charge on any atom is 0.317 e. The quantitative estimate of drug-likeness (QED) is 0.262. The van der Waals surface area contributed by atoms with Gasteiger partial charge in [-0.15, -0.1) is 0 Å². The van der Waals surface area contributed by atoms with Crippen molar-refractivity contribution in [2.45, 2.75) is 26.7 Å². The van der Waals surface area contributed by atoms with Crippen LogP contribution in [-0.4, -0.2) is 41.6 Å². The van der Waals surface area contributed by atoms with Crippen molar-refractivity contribution in [3.63, 3.8) is 0 Å². The van der Waals surface area contributed by atoms with Crippen LogP contribution in [0.25, 0.3) is 0 Å². The summed E-state index contributed by atoms with van der Waals surface area (Å²) in [5, 5.41) is 14.0. The number of oxime groups is 1. The Labute approximate surface area is 90.1 Å². The molecule has 6 nitrogen and oxygen atoms in total. The van der Waals surface area contributed by atoms with Crippen LogP contribution < -0.4 is 11.1 Å². The maximum absolute atomic E-state index is 11.6. The number of nitrogens with two attached hydrogens (primary N) is 1. The molecule has 0 aliphatic carbocycles. The van der Waals surface area contributed by atoms with E-state index in [1.165, 1.54) is 4.90 Å². The first-order valence-corrected chi connectivity index (χ1v) is 5.14. The first kappa shape index (κ1) is 13.5. The van der Waals surface area contributed by atoms with Gasteiger partial charge in [-0.2, -0.15) is 0 Å². The molecule has 2 amide bonds. The van der Waals surface area contributed by atoms with Crippen molar-refractivity contribution < 1.29 is 10.0 Å². The van der Waals surface area contributed by atoms with E-state index in [0.29, 0.717) is 13.1 Å². The Bertz CT molecular complexity index is 218. The highest BCUT2D eigenvalue weighted by Gasteiger charge is 2.12. The maximum atomic E-state index is 11.6. The predicted molar refractivity (Wildman–Crippen MR) is 59.0 cm³/mol. The van der Waals surface area contributed by atoms with Gasteiger partial charge < -0.3 is 21.2 Å². The summed E-state index contributed by atoms with van der Waals surface area (Å²) in [6.07, 6.45) is 1.72. The van der Waals surface area contributed by atoms with Crippen molar-refractivity contribution in [3.8, 4) is 0 Å². The minimum Gasteiger partial charge on any atom is -0.409 e. The molecular weight excluding hydrogens is 196 g/mol. The van der Waals surface area contributed by atoms with Gasteiger partial charge in [0.2, 0.25) is 0 Å². The molecule has 0 aliphatic rings. The summed E-state index contributed by atoms with van der Waals surface area (Å²) in [7, 11) is 0. The van der Waals surface area contributed by atoms with E-state index in [4.69, 9.17) is 10.9 Å². The van der Waals surface area contributed by atoms with Crippen molar-refractivity contribution >= 4 is 11.9 Å². The van der Waals surface area contributed by atoms with Gasteiger partial charge in [0.25, 0.3) is 0 Å². The molecule has 0 aromatic carbocycles. The summed E-state index contributed by atoms with van der Waals surface area (Å²) in [4.78, 5) is 13.1. The van der Waals surface area contributed by atoms with Crippen LogP contribution in [0.3, 0.4) is 0 Å². The Morgan fingerprint density at radius 1 is 1.47 bits per heavy atom. The molecule has 0 heterocycles. The molecule has 15 heavy (non-hydrogen) atoms. The third kappa shape index (κ3) is 5.77. The third-order valence-corrected chi connectivity index (χ3v) is 1.79. The van der Waals surface area contributed by atoms with Crippen LogP contribution in [0.2, 0.25) is 0 Å². The zero-order valence-corrected chi connectivity index (χ0v) is 9.36. The molecule has 0 aliphatic heterocycles. The topological polar surface area (TPSA) is 91.0 Å². The number of hydrogen-bond donors (Lipinski definition) is 3. The predicted octanol–water partition coefficient (Wildman–Crippen LogP) is 0.564. The number of amides is 2. The standard InChI is InChI=1S/C9H20N4O2/c1-3-5-11-9(14)13(6-4-2)7-8(10)12-15/h15H,3-7H2,1-2H3,(H2,10,12)(H,11,14). The molecule has 4 N–H and O–H groups in total. The van der Waals surface area contributed by atoms with Crippen molar-refractivity contribution in [1.82, 2.24) is 10.2 Å². The van der Waals surface area contributed by atoms with Crippen LogP contribution in [-0.2, 0) is 0 Å². The van der Waals surface area contributed by atoms with E-state index in [-0.39, 0.29) is 18.4 Å². The molecule has 0 saturated carbocycles. The average Bonchev–Trinajstić information content (AvgIpc) is 2.24. The van der Waals surface area contributed by atoms with Gasteiger partial charge in [-0.3, -0.25) is 0 Å². The lowest BCUT2D eigenvalue weighted by Gasteiger charge is -2.21. The Kier molecular flexibility index (Phi) is 7.13. The van der Waals surface area contributed by atoms with Crippen LogP contribution in [0.15, 0.2) is 5.16 Å². The summed E-state index contributed by atoms with van der Waals surface area (Å²) in [6.45, 7) is 5.32. The fraction of sp³-hybridized carbons (Fsp3) is 0.778. The lowest BCUT2D eigenvalue weighted by atomic mass is 10.4. The molecule has 0 fully saturated rings. The van der Waals surface area contributed by atoms with Gasteiger partial charge in [0.1, 0.15) is 0 Å². The minimum atomic E-state index is -0.176. The summed E-state index contributed by atoms with van der Waals surface area (Å²) < 4.78 is 0. The van der Waals surface area contributed by atoms with Crippen molar-refractivity contribution in [2.24, 2.45) is 10.9 Å². The minimum absolute atomic E-state index is 0.0371. The molecule has 0 spiro atoms. The fourth-order valence-electron chi connectivity index (χ4n) is 1.09. The highest BCUT2D eigenvalue weighted by Crippen LogP contribution is 1.92. The number of amidine groups is 1. The van der Waals surface area contributed by atoms with E-state index in [2.05, 4.69) is 10.5 Å². The largest absolute Gasteiger partial charge is 0.409 e. The molecule has 0 radical (unpaired) electrons. The molecule has 0 unspecified atom stereocenters. The molecule has 0 atom stereocenters. The molecule has 0 bridgehead atoms. The summed E-state index contributed by atoms with van der Waals surface area (Å²) in [5.74, 6) is 0.0371. The molecule has 6 heteroatoms. The second-order valence-electron chi connectivity index (χ2n) is 3.24. The third-order valence-electron chi connectivity index (χ3n) is 1.79. The van der Waals surface area contributed by atoms with Gasteiger partial charge in [0, 0.05) is 13.1 Å². The number of nitrogens with one attached hydrogen (secondary N) is 1. The van der Waals surface area contributed by atoms with Gasteiger partial charge in [-0.25, -0.2) is 4.79 Å². The lowest BCUT2D eigenvalue weighted by Crippen LogP contribution is -2.45. The number of rotatable bonds is 6. The first-order chi connectivity index (χ1) is 7.15. The van der Waals surface area contributed by atoms with Gasteiger partial charge >= 0.3 is 6.03 Å². The van der Waals surface area contributed by atoms with Crippen LogP contribution in [0, 0.1) is 0 Å². The summed E-state index contributed by atoms with van der Waals surface area (Å²) >= 11 is 0. The van der Waals surface area contributed by atoms with E-state index in [0.717, 1.165) is 12.8 Å². The Hall–Kier alpha value is -1.46. The van der Waals surface area contributed by atoms with Crippen LogP contribution in [0.4, 0.5) is 4.79 Å². The van der Waals surface area contributed by atoms with Crippen LogP contribution in [0.5, 0.6) is 0 Å². The van der Waals surface area contributed by atoms with E-state index >= 15 is 0 Å². The molecular formula is C9H20N4O2. The van der Waals surface area contributed by atoms with Crippen molar-refractivity contribution in [1.29, 1.82) is 0 Å². The van der Waals surface area contributed by atoms with Crippen LogP contribution >= 0.6 is 0 Å². The van der Waals surface area contributed by atoms with E-state index in [9.17, 15) is 4.79 Å². The number of nitrogens with zero attached hydrogens (tertiary/aromatic N) is 2. The molecule has 0 aromatic heterocycles. The first-order valence-electron chi connectivity index (χ1n) is 5.14. The van der Waals surface area contributed by atoms with E-state index < -0.39 is 0 Å². The monoisotopic (exact) mass is 216 g/mol. The van der Waals surface area contributed by atoms with Gasteiger partial charge in [0.15, 0.2) is 5.84 Å². The van der Waals surface area contributed by atoms with E-state index in [1.807, 2.05) is 13.8 Å². The van der Waals surface area contributed by atoms with Gasteiger partial charge in [0.05, 0.1) is 6.54 Å². The molecule has 88 valence electrons. The zero-order chi connectivity index (χ0) is 11.7. The zero-order valence-electron chi connectivity index (χ0n) is 9.36. The van der Waals surface area contributed by atoms with Crippen molar-refractivity contribution in [3.05, 3.63) is 0 Å². The smallest absolute Gasteiger partial charge is 0.317 e. The number of hydrogen-bond acceptors (Lipinski definition) is 3. The molecule has 0 saturated heterocycles. The second-order valence-corrected chi connectivity index (χ2v) is 3.24. The van der Waals surface area contributed by atoms with E-state index in [1.54, 1.807) is 0 Å². The normalized spacial score (nSPS) is 11.2. The summed E-state index contributed by atoms with van der Waals surface area (Å²) in [5.41, 5.74) is 5.35.